The first-order valence-corrected chi connectivity index (χ1v) is 6.31. The van der Waals surface area contributed by atoms with Crippen molar-refractivity contribution in [2.45, 2.75) is 39.2 Å². The van der Waals surface area contributed by atoms with Crippen molar-refractivity contribution >= 4 is 15.9 Å². The van der Waals surface area contributed by atoms with Gasteiger partial charge in [0, 0.05) is 15.6 Å². The lowest BCUT2D eigenvalue weighted by atomic mass is 9.95. The molecular weight excluding hydrogens is 266 g/mol. The minimum absolute atomic E-state index is 0.196. The van der Waals surface area contributed by atoms with E-state index in [0.717, 1.165) is 23.1 Å². The Morgan fingerprint density at radius 2 is 2.00 bits per heavy atom. The van der Waals surface area contributed by atoms with Crippen LogP contribution in [0.5, 0.6) is 5.75 Å². The quantitative estimate of drug-likeness (QED) is 0.921. The summed E-state index contributed by atoms with van der Waals surface area (Å²) >= 11 is 3.59. The molecule has 0 atom stereocenters. The maximum atomic E-state index is 6.02. The minimum Gasteiger partial charge on any atom is -0.496 e. The van der Waals surface area contributed by atoms with E-state index in [9.17, 15) is 0 Å². The number of halogens is 1. The van der Waals surface area contributed by atoms with Crippen LogP contribution in [0.4, 0.5) is 0 Å². The zero-order valence-electron chi connectivity index (χ0n) is 10.4. The highest BCUT2D eigenvalue weighted by Gasteiger charge is 2.15. The number of nitrogens with two attached hydrogens (primary N) is 1. The Labute approximate surface area is 106 Å². The van der Waals surface area contributed by atoms with Crippen molar-refractivity contribution in [1.29, 1.82) is 0 Å². The van der Waals surface area contributed by atoms with E-state index in [4.69, 9.17) is 10.5 Å². The van der Waals surface area contributed by atoms with Gasteiger partial charge in [-0.15, -0.1) is 0 Å². The molecule has 3 heteroatoms. The van der Waals surface area contributed by atoms with Crippen molar-refractivity contribution in [3.05, 3.63) is 27.7 Å². The summed E-state index contributed by atoms with van der Waals surface area (Å²) in [6.07, 6.45) is 1.79. The third-order valence-electron chi connectivity index (χ3n) is 2.45. The largest absolute Gasteiger partial charge is 0.496 e. The number of ether oxygens (including phenoxy) is 1. The topological polar surface area (TPSA) is 35.2 Å². The molecule has 16 heavy (non-hydrogen) atoms. The van der Waals surface area contributed by atoms with Gasteiger partial charge in [-0.3, -0.25) is 0 Å². The van der Waals surface area contributed by atoms with Gasteiger partial charge in [0.15, 0.2) is 0 Å². The van der Waals surface area contributed by atoms with Gasteiger partial charge >= 0.3 is 0 Å². The molecule has 0 spiro atoms. The third kappa shape index (κ3) is 3.49. The Morgan fingerprint density at radius 1 is 1.38 bits per heavy atom. The molecule has 0 aliphatic heterocycles. The van der Waals surface area contributed by atoms with Crippen LogP contribution in [0, 0.1) is 0 Å². The molecule has 0 heterocycles. The van der Waals surface area contributed by atoms with E-state index in [1.165, 1.54) is 11.1 Å². The van der Waals surface area contributed by atoms with Crippen LogP contribution in [0.25, 0.3) is 0 Å². The first kappa shape index (κ1) is 13.5. The number of methoxy groups -OCH3 is 1. The molecule has 0 saturated heterocycles. The lowest BCUT2D eigenvalue weighted by molar-refractivity contribution is 0.408. The van der Waals surface area contributed by atoms with Crippen molar-refractivity contribution in [2.24, 2.45) is 5.73 Å². The summed E-state index contributed by atoms with van der Waals surface area (Å²) in [7, 11) is 1.71. The molecule has 2 N–H and O–H groups in total. The van der Waals surface area contributed by atoms with E-state index in [1.807, 2.05) is 13.8 Å². The average molecular weight is 286 g/mol. The lowest BCUT2D eigenvalue weighted by Gasteiger charge is -2.20. The molecule has 1 rings (SSSR count). The van der Waals surface area contributed by atoms with E-state index in [0.29, 0.717) is 0 Å². The van der Waals surface area contributed by atoms with Crippen LogP contribution in [0.15, 0.2) is 16.6 Å². The third-order valence-corrected chi connectivity index (χ3v) is 3.16. The molecule has 1 aromatic rings. The zero-order chi connectivity index (χ0) is 12.3. The molecule has 0 fully saturated rings. The normalized spacial score (nSPS) is 11.6. The van der Waals surface area contributed by atoms with Gasteiger partial charge in [-0.25, -0.2) is 0 Å². The number of benzene rings is 1. The van der Waals surface area contributed by atoms with Crippen LogP contribution in [0.2, 0.25) is 0 Å². The van der Waals surface area contributed by atoms with E-state index in [1.54, 1.807) is 7.11 Å². The molecule has 0 amide bonds. The number of hydrogen-bond acceptors (Lipinski definition) is 2. The molecule has 0 saturated carbocycles. The molecule has 0 bridgehead atoms. The second-order valence-electron chi connectivity index (χ2n) is 4.78. The van der Waals surface area contributed by atoms with Gasteiger partial charge in [0.1, 0.15) is 5.75 Å². The first-order valence-electron chi connectivity index (χ1n) is 5.51. The van der Waals surface area contributed by atoms with Crippen LogP contribution >= 0.6 is 15.9 Å². The monoisotopic (exact) mass is 285 g/mol. The standard InChI is InChI=1S/C13H20BrNO/c1-5-10-11(14)6-9(7-12(10)16-4)8-13(2,3)15/h6-7H,5,8,15H2,1-4H3. The van der Waals surface area contributed by atoms with Crippen molar-refractivity contribution in [3.63, 3.8) is 0 Å². The molecule has 2 nitrogen and oxygen atoms in total. The van der Waals surface area contributed by atoms with Gasteiger partial charge in [0.25, 0.3) is 0 Å². The summed E-state index contributed by atoms with van der Waals surface area (Å²) in [5.74, 6) is 0.941. The summed E-state index contributed by atoms with van der Waals surface area (Å²) in [6.45, 7) is 6.18. The molecule has 1 aromatic carbocycles. The fourth-order valence-electron chi connectivity index (χ4n) is 1.82. The van der Waals surface area contributed by atoms with Crippen LogP contribution in [-0.4, -0.2) is 12.6 Å². The molecule has 0 radical (unpaired) electrons. The van der Waals surface area contributed by atoms with Crippen molar-refractivity contribution in [2.75, 3.05) is 7.11 Å². The van der Waals surface area contributed by atoms with Gasteiger partial charge < -0.3 is 10.5 Å². The molecule has 90 valence electrons. The predicted octanol–water partition coefficient (Wildman–Crippen LogP) is 3.30. The Balaban J connectivity index is 3.10. The maximum Gasteiger partial charge on any atom is 0.123 e. The highest BCUT2D eigenvalue weighted by molar-refractivity contribution is 9.10. The number of rotatable bonds is 4. The van der Waals surface area contributed by atoms with Crippen LogP contribution in [-0.2, 0) is 12.8 Å². The smallest absolute Gasteiger partial charge is 0.123 e. The van der Waals surface area contributed by atoms with Gasteiger partial charge in [-0.1, -0.05) is 22.9 Å². The second-order valence-corrected chi connectivity index (χ2v) is 5.63. The van der Waals surface area contributed by atoms with Gasteiger partial charge in [-0.05, 0) is 44.4 Å². The van der Waals surface area contributed by atoms with E-state index >= 15 is 0 Å². The van der Waals surface area contributed by atoms with Crippen molar-refractivity contribution < 1.29 is 4.74 Å². The minimum atomic E-state index is -0.196. The van der Waals surface area contributed by atoms with Crippen LogP contribution < -0.4 is 10.5 Å². The van der Waals surface area contributed by atoms with E-state index in [2.05, 4.69) is 35.0 Å². The van der Waals surface area contributed by atoms with Crippen LogP contribution in [0.3, 0.4) is 0 Å². The summed E-state index contributed by atoms with van der Waals surface area (Å²) in [5.41, 5.74) is 8.24. The fraction of sp³-hybridized carbons (Fsp3) is 0.538. The van der Waals surface area contributed by atoms with E-state index < -0.39 is 0 Å². The number of hydrogen-bond donors (Lipinski definition) is 1. The van der Waals surface area contributed by atoms with Crippen LogP contribution in [0.1, 0.15) is 31.9 Å². The van der Waals surface area contributed by atoms with Gasteiger partial charge in [-0.2, -0.15) is 0 Å². The molecule has 0 unspecified atom stereocenters. The molecule has 0 aliphatic rings. The Bertz CT molecular complexity index is 369. The van der Waals surface area contributed by atoms with Crippen molar-refractivity contribution in [3.8, 4) is 5.75 Å². The lowest BCUT2D eigenvalue weighted by Crippen LogP contribution is -2.34. The zero-order valence-corrected chi connectivity index (χ0v) is 12.0. The van der Waals surface area contributed by atoms with Gasteiger partial charge in [0.2, 0.25) is 0 Å². The fourth-order valence-corrected chi connectivity index (χ4v) is 2.59. The predicted molar refractivity (Wildman–Crippen MR) is 72.0 cm³/mol. The first-order chi connectivity index (χ1) is 7.37. The second kappa shape index (κ2) is 5.19. The summed E-state index contributed by atoms with van der Waals surface area (Å²) in [6, 6.07) is 4.22. The maximum absolute atomic E-state index is 6.02. The SMILES string of the molecule is CCc1c(Br)cc(CC(C)(C)N)cc1OC. The molecular formula is C13H20BrNO. The Hall–Kier alpha value is -0.540. The van der Waals surface area contributed by atoms with Crippen molar-refractivity contribution in [1.82, 2.24) is 0 Å². The summed E-state index contributed by atoms with van der Waals surface area (Å²) in [5, 5.41) is 0. The molecule has 0 aliphatic carbocycles. The molecule has 0 aromatic heterocycles. The highest BCUT2D eigenvalue weighted by Crippen LogP contribution is 2.30. The van der Waals surface area contributed by atoms with Gasteiger partial charge in [0.05, 0.1) is 7.11 Å². The highest BCUT2D eigenvalue weighted by atomic mass is 79.9. The van der Waals surface area contributed by atoms with E-state index in [-0.39, 0.29) is 5.54 Å². The summed E-state index contributed by atoms with van der Waals surface area (Å²) in [4.78, 5) is 0. The summed E-state index contributed by atoms with van der Waals surface area (Å²) < 4.78 is 6.51. The Kier molecular flexibility index (Phi) is 4.39. The Morgan fingerprint density at radius 3 is 2.44 bits per heavy atom. The average Bonchev–Trinajstić information content (AvgIpc) is 2.14.